The predicted molar refractivity (Wildman–Crippen MR) is 129 cm³/mol. The molecular weight excluding hydrogens is 414 g/mol. The summed E-state index contributed by atoms with van der Waals surface area (Å²) in [6.07, 6.45) is 1.99. The Hall–Kier alpha value is -4.19. The molecule has 1 heterocycles. The summed E-state index contributed by atoms with van der Waals surface area (Å²) in [5.74, 6) is 0.278. The topological polar surface area (TPSA) is 80.3 Å². The molecular formula is C27H23N3O3. The molecule has 2 N–H and O–H groups in total. The first-order chi connectivity index (χ1) is 16.1. The Balaban J connectivity index is 1.51. The van der Waals surface area contributed by atoms with E-state index in [-0.39, 0.29) is 17.9 Å². The summed E-state index contributed by atoms with van der Waals surface area (Å²) in [5, 5.41) is 6.67. The van der Waals surface area contributed by atoms with Crippen LogP contribution in [0.1, 0.15) is 33.6 Å². The van der Waals surface area contributed by atoms with E-state index in [1.54, 1.807) is 37.4 Å². The van der Waals surface area contributed by atoms with Crippen LogP contribution in [0.15, 0.2) is 78.9 Å². The molecule has 164 valence electrons. The summed E-state index contributed by atoms with van der Waals surface area (Å²) in [5.41, 5.74) is 3.69. The molecule has 0 saturated heterocycles. The number of nitrogens with one attached hydrogen (secondary N) is 2. The van der Waals surface area contributed by atoms with Gasteiger partial charge in [0, 0.05) is 17.0 Å². The van der Waals surface area contributed by atoms with Crippen molar-refractivity contribution in [2.75, 3.05) is 12.4 Å². The number of ether oxygens (including phenoxy) is 1. The smallest absolute Gasteiger partial charge is 0.256 e. The molecule has 0 atom stereocenters. The van der Waals surface area contributed by atoms with E-state index < -0.39 is 0 Å². The van der Waals surface area contributed by atoms with E-state index in [2.05, 4.69) is 10.6 Å². The molecule has 0 radical (unpaired) electrons. The number of hydrogen-bond acceptors (Lipinski definition) is 4. The van der Waals surface area contributed by atoms with Crippen LogP contribution in [0.4, 0.5) is 5.69 Å². The number of rotatable bonds is 6. The Morgan fingerprint density at radius 2 is 1.61 bits per heavy atom. The van der Waals surface area contributed by atoms with Crippen LogP contribution in [0.3, 0.4) is 0 Å². The number of carbonyl (C=O) groups excluding carboxylic acids is 2. The van der Waals surface area contributed by atoms with Gasteiger partial charge < -0.3 is 15.4 Å². The van der Waals surface area contributed by atoms with Gasteiger partial charge in [-0.3, -0.25) is 9.59 Å². The van der Waals surface area contributed by atoms with Crippen LogP contribution >= 0.6 is 0 Å². The number of carbonyl (C=O) groups is 2. The third-order valence-electron chi connectivity index (χ3n) is 5.68. The second-order valence-electron chi connectivity index (χ2n) is 8.05. The van der Waals surface area contributed by atoms with Gasteiger partial charge in [-0.2, -0.15) is 0 Å². The van der Waals surface area contributed by atoms with Crippen molar-refractivity contribution in [1.29, 1.82) is 0 Å². The monoisotopic (exact) mass is 437 g/mol. The standard InChI is InChI=1S/C27H23N3O3/c1-33-19-14-10-17(11-15-19)25-16-22(20-6-2-4-8-23(20)29-25)27(32)30-24-9-5-3-7-21(24)26(31)28-18-12-13-18/h2-11,14-16,18H,12-13H2,1H3,(H,28,31)(H,30,32). The number of amides is 2. The zero-order chi connectivity index (χ0) is 22.8. The van der Waals surface area contributed by atoms with Crippen molar-refractivity contribution in [2.45, 2.75) is 18.9 Å². The fourth-order valence-electron chi connectivity index (χ4n) is 3.74. The Kier molecular flexibility index (Phi) is 5.48. The molecule has 5 rings (SSSR count). The van der Waals surface area contributed by atoms with Gasteiger partial charge in [0.1, 0.15) is 5.75 Å². The number of fused-ring (bicyclic) bond motifs is 1. The number of para-hydroxylation sites is 2. The van der Waals surface area contributed by atoms with Crippen molar-refractivity contribution in [2.24, 2.45) is 0 Å². The van der Waals surface area contributed by atoms with Crippen molar-refractivity contribution in [3.8, 4) is 17.0 Å². The lowest BCUT2D eigenvalue weighted by atomic mass is 10.0. The van der Waals surface area contributed by atoms with Crippen molar-refractivity contribution < 1.29 is 14.3 Å². The largest absolute Gasteiger partial charge is 0.497 e. The zero-order valence-electron chi connectivity index (χ0n) is 18.2. The average molecular weight is 437 g/mol. The quantitative estimate of drug-likeness (QED) is 0.442. The van der Waals surface area contributed by atoms with Gasteiger partial charge in [0.2, 0.25) is 0 Å². The summed E-state index contributed by atoms with van der Waals surface area (Å²) in [7, 11) is 1.62. The highest BCUT2D eigenvalue weighted by Gasteiger charge is 2.25. The molecule has 33 heavy (non-hydrogen) atoms. The maximum Gasteiger partial charge on any atom is 0.256 e. The number of hydrogen-bond donors (Lipinski definition) is 2. The molecule has 6 nitrogen and oxygen atoms in total. The van der Waals surface area contributed by atoms with Crippen LogP contribution in [0.2, 0.25) is 0 Å². The van der Waals surface area contributed by atoms with Crippen LogP contribution in [-0.4, -0.2) is 29.9 Å². The molecule has 1 aliphatic rings. The highest BCUT2D eigenvalue weighted by Crippen LogP contribution is 2.28. The first-order valence-corrected chi connectivity index (χ1v) is 10.9. The van der Waals surface area contributed by atoms with Crippen LogP contribution in [0, 0.1) is 0 Å². The van der Waals surface area contributed by atoms with Crippen LogP contribution < -0.4 is 15.4 Å². The van der Waals surface area contributed by atoms with E-state index in [0.717, 1.165) is 35.1 Å². The molecule has 1 aromatic heterocycles. The van der Waals surface area contributed by atoms with E-state index in [4.69, 9.17) is 9.72 Å². The predicted octanol–water partition coefficient (Wildman–Crippen LogP) is 5.05. The lowest BCUT2D eigenvalue weighted by Crippen LogP contribution is -2.27. The first kappa shape index (κ1) is 20.7. The minimum Gasteiger partial charge on any atom is -0.497 e. The minimum absolute atomic E-state index is 0.174. The molecule has 4 aromatic rings. The summed E-state index contributed by atoms with van der Waals surface area (Å²) >= 11 is 0. The lowest BCUT2D eigenvalue weighted by molar-refractivity contribution is 0.0952. The Morgan fingerprint density at radius 1 is 0.879 bits per heavy atom. The van der Waals surface area contributed by atoms with Gasteiger partial charge >= 0.3 is 0 Å². The average Bonchev–Trinajstić information content (AvgIpc) is 3.67. The van der Waals surface area contributed by atoms with Gasteiger partial charge in [-0.05, 0) is 61.4 Å². The van der Waals surface area contributed by atoms with Crippen LogP contribution in [-0.2, 0) is 0 Å². The molecule has 0 unspecified atom stereocenters. The number of nitrogens with zero attached hydrogens (tertiary/aromatic N) is 1. The fourth-order valence-corrected chi connectivity index (χ4v) is 3.74. The Labute approximate surface area is 191 Å². The number of methoxy groups -OCH3 is 1. The zero-order valence-corrected chi connectivity index (χ0v) is 18.2. The first-order valence-electron chi connectivity index (χ1n) is 10.9. The normalized spacial score (nSPS) is 12.9. The SMILES string of the molecule is COc1ccc(-c2cc(C(=O)Nc3ccccc3C(=O)NC3CC3)c3ccccc3n2)cc1. The molecule has 1 aliphatic carbocycles. The van der Waals surface area contributed by atoms with Gasteiger partial charge in [-0.15, -0.1) is 0 Å². The van der Waals surface area contributed by atoms with E-state index in [9.17, 15) is 9.59 Å². The number of pyridine rings is 1. The van der Waals surface area contributed by atoms with Crippen LogP contribution in [0.25, 0.3) is 22.2 Å². The molecule has 0 spiro atoms. The summed E-state index contributed by atoms with van der Waals surface area (Å²) in [6, 6.07) is 24.2. The van der Waals surface area contributed by atoms with E-state index in [0.29, 0.717) is 22.5 Å². The summed E-state index contributed by atoms with van der Waals surface area (Å²) in [6.45, 7) is 0. The van der Waals surface area contributed by atoms with E-state index >= 15 is 0 Å². The van der Waals surface area contributed by atoms with Gasteiger partial charge in [0.05, 0.1) is 35.1 Å². The maximum atomic E-state index is 13.4. The number of anilines is 1. The van der Waals surface area contributed by atoms with Crippen LogP contribution in [0.5, 0.6) is 5.75 Å². The minimum atomic E-state index is -0.296. The number of aromatic nitrogens is 1. The van der Waals surface area contributed by atoms with Crippen molar-refractivity contribution in [1.82, 2.24) is 10.3 Å². The highest BCUT2D eigenvalue weighted by atomic mass is 16.5. The Morgan fingerprint density at radius 3 is 2.36 bits per heavy atom. The molecule has 1 fully saturated rings. The summed E-state index contributed by atoms with van der Waals surface area (Å²) in [4.78, 5) is 30.8. The van der Waals surface area contributed by atoms with Gasteiger partial charge in [-0.1, -0.05) is 30.3 Å². The van der Waals surface area contributed by atoms with Gasteiger partial charge in [0.25, 0.3) is 11.8 Å². The third kappa shape index (κ3) is 4.41. The van der Waals surface area contributed by atoms with E-state index in [1.807, 2.05) is 48.5 Å². The highest BCUT2D eigenvalue weighted by molar-refractivity contribution is 6.15. The summed E-state index contributed by atoms with van der Waals surface area (Å²) < 4.78 is 5.24. The lowest BCUT2D eigenvalue weighted by Gasteiger charge is -2.13. The fraction of sp³-hybridized carbons (Fsp3) is 0.148. The number of benzene rings is 3. The van der Waals surface area contributed by atoms with E-state index in [1.165, 1.54) is 0 Å². The molecule has 0 bridgehead atoms. The van der Waals surface area contributed by atoms with Crippen molar-refractivity contribution >= 4 is 28.4 Å². The van der Waals surface area contributed by atoms with Crippen molar-refractivity contribution in [3.63, 3.8) is 0 Å². The van der Waals surface area contributed by atoms with Gasteiger partial charge in [-0.25, -0.2) is 4.98 Å². The molecule has 2 amide bonds. The molecule has 3 aromatic carbocycles. The maximum absolute atomic E-state index is 13.4. The Bertz CT molecular complexity index is 1340. The van der Waals surface area contributed by atoms with Crippen molar-refractivity contribution in [3.05, 3.63) is 90.0 Å². The third-order valence-corrected chi connectivity index (χ3v) is 5.68. The molecule has 1 saturated carbocycles. The second kappa shape index (κ2) is 8.74. The molecule has 6 heteroatoms. The molecule has 0 aliphatic heterocycles. The second-order valence-corrected chi connectivity index (χ2v) is 8.05. The van der Waals surface area contributed by atoms with Gasteiger partial charge in [0.15, 0.2) is 0 Å².